The number of hydrogen-bond acceptors (Lipinski definition) is 5. The molecule has 1 unspecified atom stereocenters. The van der Waals surface area contributed by atoms with Crippen molar-refractivity contribution >= 4 is 28.3 Å². The van der Waals surface area contributed by atoms with E-state index >= 15 is 0 Å². The lowest BCUT2D eigenvalue weighted by Crippen LogP contribution is -2.25. The molecule has 0 fully saturated rings. The molecule has 0 spiro atoms. The van der Waals surface area contributed by atoms with Crippen molar-refractivity contribution in [3.05, 3.63) is 11.1 Å². The number of carbonyl (C=O) groups excluding carboxylic acids is 2. The molecule has 6 nitrogen and oxygen atoms in total. The molecule has 0 bridgehead atoms. The largest absolute Gasteiger partial charge is 0.393 e. The number of nitrogens with zero attached hydrogens (tertiary/aromatic N) is 1. The monoisotopic (exact) mass is 271 g/mol. The Balaban J connectivity index is 2.37. The lowest BCUT2D eigenvalue weighted by atomic mass is 10.2. The van der Waals surface area contributed by atoms with Crippen LogP contribution in [0, 0.1) is 0 Å². The van der Waals surface area contributed by atoms with Gasteiger partial charge in [-0.1, -0.05) is 0 Å². The average molecular weight is 271 g/mol. The van der Waals surface area contributed by atoms with Crippen molar-refractivity contribution in [1.82, 2.24) is 10.3 Å². The van der Waals surface area contributed by atoms with Crippen LogP contribution in [0.5, 0.6) is 0 Å². The summed E-state index contributed by atoms with van der Waals surface area (Å²) in [7, 11) is 0. The van der Waals surface area contributed by atoms with Crippen molar-refractivity contribution in [2.75, 3.05) is 11.9 Å². The van der Waals surface area contributed by atoms with Crippen molar-refractivity contribution in [3.8, 4) is 0 Å². The highest BCUT2D eigenvalue weighted by Gasteiger charge is 2.10. The van der Waals surface area contributed by atoms with Gasteiger partial charge in [0.15, 0.2) is 5.13 Å². The standard InChI is InChI=1S/C11H17N3O3S/c1-7(15)4-3-5-12-10(17)9-6-18-11(14-9)13-8(2)16/h6-7,15H,3-5H2,1-2H3,(H,12,17)(H,13,14,16). The van der Waals surface area contributed by atoms with Crippen LogP contribution in [0.3, 0.4) is 0 Å². The molecule has 1 aromatic rings. The Morgan fingerprint density at radius 3 is 2.89 bits per heavy atom. The van der Waals surface area contributed by atoms with Crippen LogP contribution in [0.2, 0.25) is 0 Å². The number of hydrogen-bond donors (Lipinski definition) is 3. The van der Waals surface area contributed by atoms with Gasteiger partial charge >= 0.3 is 0 Å². The predicted molar refractivity (Wildman–Crippen MR) is 69.7 cm³/mol. The number of aromatic nitrogens is 1. The average Bonchev–Trinajstić information content (AvgIpc) is 2.71. The summed E-state index contributed by atoms with van der Waals surface area (Å²) in [6, 6.07) is 0. The van der Waals surface area contributed by atoms with Crippen LogP contribution < -0.4 is 10.6 Å². The first-order valence-corrected chi connectivity index (χ1v) is 6.56. The van der Waals surface area contributed by atoms with E-state index in [4.69, 9.17) is 5.11 Å². The SMILES string of the molecule is CC(=O)Nc1nc(C(=O)NCCCC(C)O)cs1. The maximum absolute atomic E-state index is 11.6. The second-order valence-electron chi connectivity index (χ2n) is 3.97. The zero-order chi connectivity index (χ0) is 13.5. The minimum atomic E-state index is -0.354. The smallest absolute Gasteiger partial charge is 0.270 e. The van der Waals surface area contributed by atoms with E-state index in [0.29, 0.717) is 30.2 Å². The second kappa shape index (κ2) is 7.07. The van der Waals surface area contributed by atoms with Gasteiger partial charge in [-0.3, -0.25) is 9.59 Å². The van der Waals surface area contributed by atoms with Crippen LogP contribution in [0.4, 0.5) is 5.13 Å². The van der Waals surface area contributed by atoms with Crippen molar-refractivity contribution in [2.45, 2.75) is 32.8 Å². The Morgan fingerprint density at radius 1 is 1.56 bits per heavy atom. The molecule has 3 N–H and O–H groups in total. The van der Waals surface area contributed by atoms with Gasteiger partial charge in [0.25, 0.3) is 5.91 Å². The summed E-state index contributed by atoms with van der Waals surface area (Å²) >= 11 is 1.21. The number of aliphatic hydroxyl groups is 1. The second-order valence-corrected chi connectivity index (χ2v) is 4.82. The Hall–Kier alpha value is -1.47. The number of amides is 2. The van der Waals surface area contributed by atoms with Gasteiger partial charge < -0.3 is 15.7 Å². The minimum absolute atomic E-state index is 0.215. The van der Waals surface area contributed by atoms with Gasteiger partial charge in [-0.25, -0.2) is 4.98 Å². The molecule has 1 atom stereocenters. The van der Waals surface area contributed by atoms with Crippen molar-refractivity contribution < 1.29 is 14.7 Å². The molecule has 0 aliphatic heterocycles. The Morgan fingerprint density at radius 2 is 2.28 bits per heavy atom. The quantitative estimate of drug-likeness (QED) is 0.673. The number of nitrogens with one attached hydrogen (secondary N) is 2. The van der Waals surface area contributed by atoms with E-state index in [2.05, 4.69) is 15.6 Å². The molecule has 7 heteroatoms. The van der Waals surface area contributed by atoms with Gasteiger partial charge in [-0.05, 0) is 19.8 Å². The van der Waals surface area contributed by atoms with Crippen LogP contribution >= 0.6 is 11.3 Å². The topological polar surface area (TPSA) is 91.3 Å². The zero-order valence-corrected chi connectivity index (χ0v) is 11.2. The van der Waals surface area contributed by atoms with E-state index in [-0.39, 0.29) is 17.9 Å². The lowest BCUT2D eigenvalue weighted by molar-refractivity contribution is -0.114. The van der Waals surface area contributed by atoms with E-state index < -0.39 is 0 Å². The third-order valence-corrected chi connectivity index (χ3v) is 2.86. The lowest BCUT2D eigenvalue weighted by Gasteiger charge is -2.04. The van der Waals surface area contributed by atoms with Crippen LogP contribution in [0.15, 0.2) is 5.38 Å². The van der Waals surface area contributed by atoms with Gasteiger partial charge in [0.05, 0.1) is 6.10 Å². The van der Waals surface area contributed by atoms with Crippen molar-refractivity contribution in [1.29, 1.82) is 0 Å². The van der Waals surface area contributed by atoms with Gasteiger partial charge in [-0.2, -0.15) is 0 Å². The minimum Gasteiger partial charge on any atom is -0.393 e. The van der Waals surface area contributed by atoms with Crippen LogP contribution in [0.1, 0.15) is 37.2 Å². The highest BCUT2D eigenvalue weighted by atomic mass is 32.1. The summed E-state index contributed by atoms with van der Waals surface area (Å²) in [5, 5.41) is 16.3. The van der Waals surface area contributed by atoms with Gasteiger partial charge in [-0.15, -0.1) is 11.3 Å². The van der Waals surface area contributed by atoms with E-state index in [9.17, 15) is 9.59 Å². The van der Waals surface area contributed by atoms with Gasteiger partial charge in [0.1, 0.15) is 5.69 Å². The molecule has 100 valence electrons. The molecule has 0 saturated carbocycles. The van der Waals surface area contributed by atoms with Crippen molar-refractivity contribution in [3.63, 3.8) is 0 Å². The third kappa shape index (κ3) is 5.24. The van der Waals surface area contributed by atoms with Crippen molar-refractivity contribution in [2.24, 2.45) is 0 Å². The molecule has 2 amide bonds. The fraction of sp³-hybridized carbons (Fsp3) is 0.545. The summed E-state index contributed by atoms with van der Waals surface area (Å²) < 4.78 is 0. The fourth-order valence-electron chi connectivity index (χ4n) is 1.28. The normalized spacial score (nSPS) is 11.9. The number of anilines is 1. The molecule has 1 heterocycles. The molecule has 0 aromatic carbocycles. The molecule has 1 aromatic heterocycles. The predicted octanol–water partition coefficient (Wildman–Crippen LogP) is 0.992. The highest BCUT2D eigenvalue weighted by molar-refractivity contribution is 7.14. The van der Waals surface area contributed by atoms with Gasteiger partial charge in [0, 0.05) is 18.8 Å². The van der Waals surface area contributed by atoms with Crippen LogP contribution in [-0.4, -0.2) is 34.6 Å². The Labute approximate surface area is 109 Å². The van der Waals surface area contributed by atoms with E-state index in [1.807, 2.05) is 0 Å². The number of thiazole rings is 1. The Kier molecular flexibility index (Phi) is 5.73. The first-order chi connectivity index (χ1) is 8.49. The molecule has 0 saturated heterocycles. The zero-order valence-electron chi connectivity index (χ0n) is 10.4. The van der Waals surface area contributed by atoms with E-state index in [1.54, 1.807) is 12.3 Å². The number of carbonyl (C=O) groups is 2. The van der Waals surface area contributed by atoms with Crippen LogP contribution in [-0.2, 0) is 4.79 Å². The Bertz CT molecular complexity index is 417. The summed E-state index contributed by atoms with van der Waals surface area (Å²) in [5.41, 5.74) is 0.292. The summed E-state index contributed by atoms with van der Waals surface area (Å²) in [6.45, 7) is 3.59. The van der Waals surface area contributed by atoms with Gasteiger partial charge in [0.2, 0.25) is 5.91 Å². The first-order valence-electron chi connectivity index (χ1n) is 5.68. The first kappa shape index (κ1) is 14.6. The molecule has 1 rings (SSSR count). The molecule has 18 heavy (non-hydrogen) atoms. The summed E-state index contributed by atoms with van der Waals surface area (Å²) in [6.07, 6.45) is 1.01. The summed E-state index contributed by atoms with van der Waals surface area (Å²) in [5.74, 6) is -0.485. The highest BCUT2D eigenvalue weighted by Crippen LogP contribution is 2.14. The third-order valence-electron chi connectivity index (χ3n) is 2.10. The molecular weight excluding hydrogens is 254 g/mol. The van der Waals surface area contributed by atoms with Crippen LogP contribution in [0.25, 0.3) is 0 Å². The number of aliphatic hydroxyl groups excluding tert-OH is 1. The molecular formula is C11H17N3O3S. The van der Waals surface area contributed by atoms with E-state index in [1.165, 1.54) is 18.3 Å². The number of rotatable bonds is 6. The maximum Gasteiger partial charge on any atom is 0.270 e. The summed E-state index contributed by atoms with van der Waals surface area (Å²) in [4.78, 5) is 26.4. The maximum atomic E-state index is 11.6. The fourth-order valence-corrected chi connectivity index (χ4v) is 2.01. The molecule has 0 aliphatic rings. The van der Waals surface area contributed by atoms with E-state index in [0.717, 1.165) is 0 Å². The molecule has 0 aliphatic carbocycles. The molecule has 0 radical (unpaired) electrons.